The van der Waals surface area contributed by atoms with E-state index in [-0.39, 0.29) is 0 Å². The summed E-state index contributed by atoms with van der Waals surface area (Å²) in [4.78, 5) is 4.54. The van der Waals surface area contributed by atoms with Crippen molar-refractivity contribution in [3.8, 4) is 11.8 Å². The Morgan fingerprint density at radius 1 is 1.24 bits per heavy atom. The number of ether oxygens (including phenoxy) is 1. The first-order valence-electron chi connectivity index (χ1n) is 7.38. The predicted octanol–water partition coefficient (Wildman–Crippen LogP) is 4.10. The summed E-state index contributed by atoms with van der Waals surface area (Å²) in [6, 6.07) is 10.0. The maximum absolute atomic E-state index is 6.08. The second kappa shape index (κ2) is 6.49. The number of rotatable bonds is 2. The van der Waals surface area contributed by atoms with E-state index in [4.69, 9.17) is 4.74 Å². The molecule has 0 bridgehead atoms. The number of nitrogens with zero attached hydrogens (tertiary/aromatic N) is 1. The highest BCUT2D eigenvalue weighted by Gasteiger charge is 2.36. The molecule has 2 nitrogen and oxygen atoms in total. The molecule has 0 fully saturated rings. The van der Waals surface area contributed by atoms with Crippen molar-refractivity contribution in [2.75, 3.05) is 11.9 Å². The standard InChI is InChI=1S/C18H18BrNO/c19-13-18(12-11-15-7-3-1-4-8-15)14-20-17(21-18)16-9-5-2-6-10-16/h2,5-7,9-10H,1,3-4,8,13-14H2/t18-/m0/s1. The monoisotopic (exact) mass is 343 g/mol. The number of benzene rings is 1. The van der Waals surface area contributed by atoms with Crippen molar-refractivity contribution in [3.63, 3.8) is 0 Å². The molecule has 21 heavy (non-hydrogen) atoms. The normalized spacial score (nSPS) is 24.4. The minimum absolute atomic E-state index is 0.524. The molecule has 3 heteroatoms. The Bertz CT molecular complexity index is 624. The van der Waals surface area contributed by atoms with Crippen molar-refractivity contribution in [2.45, 2.75) is 31.3 Å². The molecule has 1 heterocycles. The second-order valence-electron chi connectivity index (χ2n) is 5.44. The van der Waals surface area contributed by atoms with Crippen LogP contribution in [0.4, 0.5) is 0 Å². The lowest BCUT2D eigenvalue weighted by molar-refractivity contribution is 0.180. The molecule has 0 radical (unpaired) electrons. The van der Waals surface area contributed by atoms with E-state index in [9.17, 15) is 0 Å². The SMILES string of the molecule is BrC[C@@]1(C#CC2=CCCCC2)CN=C(c2ccccc2)O1. The molecular formula is C18H18BrNO. The van der Waals surface area contributed by atoms with Crippen LogP contribution in [0.25, 0.3) is 0 Å². The molecule has 0 aromatic heterocycles. The van der Waals surface area contributed by atoms with Crippen molar-refractivity contribution in [1.82, 2.24) is 0 Å². The van der Waals surface area contributed by atoms with Gasteiger partial charge in [-0.25, -0.2) is 4.99 Å². The highest BCUT2D eigenvalue weighted by atomic mass is 79.9. The lowest BCUT2D eigenvalue weighted by Crippen LogP contribution is -2.33. The summed E-state index contributed by atoms with van der Waals surface area (Å²) in [6.07, 6.45) is 7.03. The van der Waals surface area contributed by atoms with Gasteiger partial charge in [0, 0.05) is 5.56 Å². The van der Waals surface area contributed by atoms with E-state index in [0.29, 0.717) is 17.8 Å². The van der Waals surface area contributed by atoms with Crippen LogP contribution in [0.3, 0.4) is 0 Å². The maximum atomic E-state index is 6.08. The molecule has 2 aliphatic rings. The lowest BCUT2D eigenvalue weighted by atomic mass is 9.99. The van der Waals surface area contributed by atoms with E-state index in [0.717, 1.165) is 18.4 Å². The molecular weight excluding hydrogens is 326 g/mol. The van der Waals surface area contributed by atoms with Gasteiger partial charge in [-0.2, -0.15) is 0 Å². The molecule has 1 aliphatic heterocycles. The first-order chi connectivity index (χ1) is 10.3. The number of halogens is 1. The van der Waals surface area contributed by atoms with Gasteiger partial charge in [0.2, 0.25) is 5.90 Å². The third kappa shape index (κ3) is 3.39. The first kappa shape index (κ1) is 14.4. The van der Waals surface area contributed by atoms with Gasteiger partial charge in [0.25, 0.3) is 0 Å². The summed E-state index contributed by atoms with van der Waals surface area (Å²) < 4.78 is 6.08. The van der Waals surface area contributed by atoms with E-state index in [1.807, 2.05) is 30.3 Å². The van der Waals surface area contributed by atoms with E-state index in [2.05, 4.69) is 38.8 Å². The van der Waals surface area contributed by atoms with Gasteiger partial charge in [-0.05, 0) is 49.3 Å². The summed E-state index contributed by atoms with van der Waals surface area (Å²) in [7, 11) is 0. The number of hydrogen-bond acceptors (Lipinski definition) is 2. The number of allylic oxidation sites excluding steroid dienone is 2. The topological polar surface area (TPSA) is 21.6 Å². The molecule has 0 spiro atoms. The fourth-order valence-corrected chi connectivity index (χ4v) is 2.93. The number of hydrogen-bond donors (Lipinski definition) is 0. The van der Waals surface area contributed by atoms with Crippen LogP contribution in [0.5, 0.6) is 0 Å². The Morgan fingerprint density at radius 3 is 2.81 bits per heavy atom. The van der Waals surface area contributed by atoms with Crippen LogP contribution >= 0.6 is 15.9 Å². The summed E-state index contributed by atoms with van der Waals surface area (Å²) in [5.41, 5.74) is 1.74. The quantitative estimate of drug-likeness (QED) is 0.585. The molecule has 0 saturated carbocycles. The van der Waals surface area contributed by atoms with Crippen molar-refractivity contribution in [2.24, 2.45) is 4.99 Å². The number of aliphatic imine (C=N–C) groups is 1. The molecule has 108 valence electrons. The highest BCUT2D eigenvalue weighted by molar-refractivity contribution is 9.09. The Morgan fingerprint density at radius 2 is 2.10 bits per heavy atom. The van der Waals surface area contributed by atoms with Crippen LogP contribution in [0.15, 0.2) is 47.0 Å². The van der Waals surface area contributed by atoms with E-state index in [1.54, 1.807) is 0 Å². The van der Waals surface area contributed by atoms with Gasteiger partial charge < -0.3 is 4.74 Å². The summed E-state index contributed by atoms with van der Waals surface area (Å²) in [5, 5.41) is 0.667. The zero-order chi connectivity index (χ0) is 14.5. The minimum Gasteiger partial charge on any atom is -0.455 e. The smallest absolute Gasteiger partial charge is 0.217 e. The Balaban J connectivity index is 1.75. The summed E-state index contributed by atoms with van der Waals surface area (Å²) >= 11 is 3.54. The Labute approximate surface area is 134 Å². The highest BCUT2D eigenvalue weighted by Crippen LogP contribution is 2.24. The van der Waals surface area contributed by atoms with Crippen LogP contribution in [0.1, 0.15) is 31.2 Å². The van der Waals surface area contributed by atoms with E-state index < -0.39 is 5.60 Å². The van der Waals surface area contributed by atoms with Crippen molar-refractivity contribution < 1.29 is 4.74 Å². The van der Waals surface area contributed by atoms with Gasteiger partial charge in [-0.15, -0.1) is 0 Å². The van der Waals surface area contributed by atoms with Gasteiger partial charge in [0.1, 0.15) is 0 Å². The molecule has 0 unspecified atom stereocenters. The van der Waals surface area contributed by atoms with E-state index in [1.165, 1.54) is 18.4 Å². The summed E-state index contributed by atoms with van der Waals surface area (Å²) in [5.74, 6) is 7.32. The Kier molecular flexibility index (Phi) is 4.45. The third-order valence-corrected chi connectivity index (χ3v) is 4.65. The molecule has 3 rings (SSSR count). The van der Waals surface area contributed by atoms with Crippen LogP contribution in [0.2, 0.25) is 0 Å². The predicted molar refractivity (Wildman–Crippen MR) is 89.8 cm³/mol. The van der Waals surface area contributed by atoms with Crippen molar-refractivity contribution >= 4 is 21.8 Å². The molecule has 0 amide bonds. The molecule has 0 saturated heterocycles. The third-order valence-electron chi connectivity index (χ3n) is 3.75. The van der Waals surface area contributed by atoms with Crippen LogP contribution < -0.4 is 0 Å². The molecule has 1 aliphatic carbocycles. The maximum Gasteiger partial charge on any atom is 0.217 e. The lowest BCUT2D eigenvalue weighted by Gasteiger charge is -2.20. The van der Waals surface area contributed by atoms with Gasteiger partial charge in [0.05, 0.1) is 11.9 Å². The number of alkyl halides is 1. The van der Waals surface area contributed by atoms with Gasteiger partial charge in [0.15, 0.2) is 5.60 Å². The molecule has 1 aromatic rings. The van der Waals surface area contributed by atoms with Crippen LogP contribution in [-0.2, 0) is 4.74 Å². The fraction of sp³-hybridized carbons (Fsp3) is 0.389. The Hall–Kier alpha value is -1.53. The van der Waals surface area contributed by atoms with Gasteiger partial charge >= 0.3 is 0 Å². The second-order valence-corrected chi connectivity index (χ2v) is 6.00. The van der Waals surface area contributed by atoms with Gasteiger partial charge in [-0.3, -0.25) is 0 Å². The summed E-state index contributed by atoms with van der Waals surface area (Å²) in [6.45, 7) is 0.586. The fourth-order valence-electron chi connectivity index (χ4n) is 2.49. The first-order valence-corrected chi connectivity index (χ1v) is 8.51. The van der Waals surface area contributed by atoms with Crippen LogP contribution in [-0.4, -0.2) is 23.4 Å². The molecule has 0 N–H and O–H groups in total. The van der Waals surface area contributed by atoms with Crippen LogP contribution in [0, 0.1) is 11.8 Å². The average molecular weight is 344 g/mol. The van der Waals surface area contributed by atoms with Gasteiger partial charge in [-0.1, -0.05) is 46.1 Å². The zero-order valence-electron chi connectivity index (χ0n) is 11.9. The average Bonchev–Trinajstić information content (AvgIpc) is 3.00. The zero-order valence-corrected chi connectivity index (χ0v) is 13.5. The largest absolute Gasteiger partial charge is 0.455 e. The molecule has 1 aromatic carbocycles. The van der Waals surface area contributed by atoms with E-state index >= 15 is 0 Å². The van der Waals surface area contributed by atoms with Crippen molar-refractivity contribution in [3.05, 3.63) is 47.5 Å². The minimum atomic E-state index is -0.524. The molecule has 1 atom stereocenters. The van der Waals surface area contributed by atoms with Crippen molar-refractivity contribution in [1.29, 1.82) is 0 Å².